The van der Waals surface area contributed by atoms with Gasteiger partial charge in [-0.05, 0) is 17.7 Å². The van der Waals surface area contributed by atoms with E-state index >= 15 is 0 Å². The summed E-state index contributed by atoms with van der Waals surface area (Å²) >= 11 is 0. The highest BCUT2D eigenvalue weighted by atomic mass is 31.1. The first kappa shape index (κ1) is 11.1. The molecule has 1 aromatic carbocycles. The summed E-state index contributed by atoms with van der Waals surface area (Å²) in [5, 5.41) is 8.99. The van der Waals surface area contributed by atoms with Gasteiger partial charge in [-0.25, -0.2) is 0 Å². The number of benzene rings is 1. The van der Waals surface area contributed by atoms with Crippen LogP contribution in [0, 0.1) is 0 Å². The van der Waals surface area contributed by atoms with Crippen LogP contribution in [0.25, 0.3) is 0 Å². The minimum absolute atomic E-state index is 0.163. The quantitative estimate of drug-likeness (QED) is 0.513. The standard InChI is InChI=1S/C8H10NO4P/c9-8(13-14(11)12)5-6-1-3-7(10)4-2-6/h1-4,8H,5,9H2,(H-,10,11,12)/p+1/t8-/m1/s1. The number of rotatable bonds is 4. The van der Waals surface area contributed by atoms with E-state index in [0.717, 1.165) is 5.56 Å². The fraction of sp³-hybridized carbons (Fsp3) is 0.250. The Morgan fingerprint density at radius 2 is 2.00 bits per heavy atom. The molecule has 0 heterocycles. The Morgan fingerprint density at radius 3 is 2.50 bits per heavy atom. The Kier molecular flexibility index (Phi) is 3.98. The van der Waals surface area contributed by atoms with Gasteiger partial charge in [0.1, 0.15) is 5.75 Å². The number of aromatic hydroxyl groups is 1. The molecule has 5 nitrogen and oxygen atoms in total. The summed E-state index contributed by atoms with van der Waals surface area (Å²) in [6, 6.07) is 6.37. The Hall–Kier alpha value is -1.00. The first-order valence-corrected chi connectivity index (χ1v) is 5.07. The molecule has 0 aliphatic rings. The smallest absolute Gasteiger partial charge is 0.508 e. The molecule has 4 N–H and O–H groups in total. The molecular weight excluding hydrogens is 205 g/mol. The van der Waals surface area contributed by atoms with E-state index in [-0.39, 0.29) is 5.75 Å². The summed E-state index contributed by atoms with van der Waals surface area (Å²) in [7, 11) is -2.67. The molecule has 0 saturated heterocycles. The third-order valence-corrected chi connectivity index (χ3v) is 2.05. The SMILES string of the molecule is N[C@@H](Cc1ccc(O)cc1)O[P+](=O)O. The second kappa shape index (κ2) is 5.02. The van der Waals surface area contributed by atoms with Gasteiger partial charge in [-0.2, -0.15) is 0 Å². The van der Waals surface area contributed by atoms with E-state index in [2.05, 4.69) is 4.52 Å². The Labute approximate surface area is 82.1 Å². The van der Waals surface area contributed by atoms with Crippen LogP contribution in [0.15, 0.2) is 24.3 Å². The molecule has 0 saturated carbocycles. The van der Waals surface area contributed by atoms with Gasteiger partial charge in [-0.3, -0.25) is 0 Å². The molecule has 1 aromatic rings. The predicted octanol–water partition coefficient (Wildman–Crippen LogP) is 0.886. The van der Waals surface area contributed by atoms with Crippen molar-refractivity contribution in [3.63, 3.8) is 0 Å². The fourth-order valence-electron chi connectivity index (χ4n) is 1.02. The van der Waals surface area contributed by atoms with E-state index in [0.29, 0.717) is 6.42 Å². The average Bonchev–Trinajstić information content (AvgIpc) is 2.07. The van der Waals surface area contributed by atoms with Crippen molar-refractivity contribution in [2.45, 2.75) is 12.6 Å². The molecule has 1 rings (SSSR count). The largest absolute Gasteiger partial charge is 0.696 e. The molecule has 1 unspecified atom stereocenters. The third kappa shape index (κ3) is 3.81. The van der Waals surface area contributed by atoms with Crippen molar-refractivity contribution in [3.8, 4) is 5.75 Å². The number of phenolic OH excluding ortho intramolecular Hbond substituents is 1. The van der Waals surface area contributed by atoms with E-state index < -0.39 is 14.5 Å². The van der Waals surface area contributed by atoms with Crippen molar-refractivity contribution >= 4 is 8.25 Å². The lowest BCUT2D eigenvalue weighted by atomic mass is 10.1. The average molecular weight is 216 g/mol. The van der Waals surface area contributed by atoms with Gasteiger partial charge < -0.3 is 10.8 Å². The molecule has 0 radical (unpaired) electrons. The minimum Gasteiger partial charge on any atom is -0.508 e. The van der Waals surface area contributed by atoms with E-state index in [9.17, 15) is 4.57 Å². The summed E-state index contributed by atoms with van der Waals surface area (Å²) in [6.45, 7) is 0. The van der Waals surface area contributed by atoms with Crippen molar-refractivity contribution in [2.75, 3.05) is 0 Å². The van der Waals surface area contributed by atoms with Gasteiger partial charge in [0.15, 0.2) is 6.23 Å². The Morgan fingerprint density at radius 1 is 1.43 bits per heavy atom. The molecular formula is C8H11NO4P+. The number of hydrogen-bond acceptors (Lipinski definition) is 4. The van der Waals surface area contributed by atoms with Crippen molar-refractivity contribution in [1.82, 2.24) is 0 Å². The maximum atomic E-state index is 10.3. The summed E-state index contributed by atoms with van der Waals surface area (Å²) in [5.41, 5.74) is 6.24. The van der Waals surface area contributed by atoms with Gasteiger partial charge >= 0.3 is 8.25 Å². The predicted molar refractivity (Wildman–Crippen MR) is 50.7 cm³/mol. The maximum absolute atomic E-state index is 10.3. The molecule has 0 fully saturated rings. The highest BCUT2D eigenvalue weighted by Crippen LogP contribution is 2.18. The van der Waals surface area contributed by atoms with Gasteiger partial charge in [-0.1, -0.05) is 16.7 Å². The van der Waals surface area contributed by atoms with Gasteiger partial charge in [0.2, 0.25) is 0 Å². The number of hydrogen-bond donors (Lipinski definition) is 3. The molecule has 0 bridgehead atoms. The first-order valence-electron chi connectivity index (χ1n) is 3.94. The molecule has 2 atom stereocenters. The summed E-state index contributed by atoms with van der Waals surface area (Å²) in [6.07, 6.45) is -0.491. The molecule has 0 aromatic heterocycles. The maximum Gasteiger partial charge on any atom is 0.696 e. The normalized spacial score (nSPS) is 13.7. The molecule has 0 aliphatic heterocycles. The summed E-state index contributed by atoms with van der Waals surface area (Å²) in [5.74, 6) is 0.163. The highest BCUT2D eigenvalue weighted by molar-refractivity contribution is 7.32. The molecule has 76 valence electrons. The molecule has 14 heavy (non-hydrogen) atoms. The van der Waals surface area contributed by atoms with Gasteiger partial charge in [0, 0.05) is 11.0 Å². The fourth-order valence-corrected chi connectivity index (χ4v) is 1.32. The third-order valence-electron chi connectivity index (χ3n) is 1.60. The van der Waals surface area contributed by atoms with E-state index in [4.69, 9.17) is 15.7 Å². The van der Waals surface area contributed by atoms with Crippen LogP contribution in [0.1, 0.15) is 5.56 Å². The minimum atomic E-state index is -2.67. The number of phenols is 1. The first-order chi connectivity index (χ1) is 6.58. The van der Waals surface area contributed by atoms with Crippen LogP contribution >= 0.6 is 8.25 Å². The van der Waals surface area contributed by atoms with Crippen LogP contribution in [-0.4, -0.2) is 16.2 Å². The van der Waals surface area contributed by atoms with Crippen molar-refractivity contribution < 1.29 is 19.1 Å². The zero-order valence-electron chi connectivity index (χ0n) is 7.33. The Bertz CT molecular complexity index is 314. The van der Waals surface area contributed by atoms with E-state index in [1.807, 2.05) is 0 Å². The molecule has 0 amide bonds. The van der Waals surface area contributed by atoms with Crippen LogP contribution in [0.2, 0.25) is 0 Å². The number of nitrogens with two attached hydrogens (primary N) is 1. The lowest BCUT2D eigenvalue weighted by Crippen LogP contribution is -2.23. The van der Waals surface area contributed by atoms with Crippen molar-refractivity contribution in [3.05, 3.63) is 29.8 Å². The van der Waals surface area contributed by atoms with Gasteiger partial charge in [0.05, 0.1) is 0 Å². The zero-order chi connectivity index (χ0) is 10.6. The molecule has 0 aliphatic carbocycles. The van der Waals surface area contributed by atoms with Crippen molar-refractivity contribution in [1.29, 1.82) is 0 Å². The Balaban J connectivity index is 2.51. The van der Waals surface area contributed by atoms with E-state index in [1.54, 1.807) is 12.1 Å². The van der Waals surface area contributed by atoms with Crippen molar-refractivity contribution in [2.24, 2.45) is 5.73 Å². The summed E-state index contributed by atoms with van der Waals surface area (Å²) < 4.78 is 14.7. The monoisotopic (exact) mass is 216 g/mol. The van der Waals surface area contributed by atoms with E-state index in [1.165, 1.54) is 12.1 Å². The van der Waals surface area contributed by atoms with Crippen LogP contribution < -0.4 is 5.73 Å². The van der Waals surface area contributed by atoms with Crippen LogP contribution in [0.5, 0.6) is 5.75 Å². The highest BCUT2D eigenvalue weighted by Gasteiger charge is 2.19. The second-order valence-corrected chi connectivity index (χ2v) is 3.44. The van der Waals surface area contributed by atoms with Crippen LogP contribution in [0.3, 0.4) is 0 Å². The van der Waals surface area contributed by atoms with Crippen LogP contribution in [-0.2, 0) is 15.5 Å². The zero-order valence-corrected chi connectivity index (χ0v) is 8.22. The van der Waals surface area contributed by atoms with Gasteiger partial charge in [0.25, 0.3) is 0 Å². The summed E-state index contributed by atoms with van der Waals surface area (Å²) in [4.78, 5) is 8.41. The lowest BCUT2D eigenvalue weighted by Gasteiger charge is -2.03. The van der Waals surface area contributed by atoms with Crippen LogP contribution in [0.4, 0.5) is 0 Å². The topological polar surface area (TPSA) is 92.8 Å². The molecule has 6 heteroatoms. The second-order valence-electron chi connectivity index (χ2n) is 2.75. The lowest BCUT2D eigenvalue weighted by molar-refractivity contribution is 0.195. The van der Waals surface area contributed by atoms with Gasteiger partial charge in [-0.15, -0.1) is 4.89 Å². The molecule has 0 spiro atoms.